The highest BCUT2D eigenvalue weighted by atomic mass is 16.5. The molecule has 0 radical (unpaired) electrons. The molecule has 3 atom stereocenters. The summed E-state index contributed by atoms with van der Waals surface area (Å²) in [6.45, 7) is 9.02. The van der Waals surface area contributed by atoms with Crippen molar-refractivity contribution in [3.63, 3.8) is 0 Å². The summed E-state index contributed by atoms with van der Waals surface area (Å²) in [5.74, 6) is -1.65. The van der Waals surface area contributed by atoms with Gasteiger partial charge in [-0.25, -0.2) is 0 Å². The average Bonchev–Trinajstić information content (AvgIpc) is 2.76. The summed E-state index contributed by atoms with van der Waals surface area (Å²) in [5, 5.41) is 9.20. The number of carboxylic acid groups (broad SMARTS) is 1. The van der Waals surface area contributed by atoms with Crippen molar-refractivity contribution in [2.75, 3.05) is 19.8 Å². The first-order chi connectivity index (χ1) is 9.65. The van der Waals surface area contributed by atoms with E-state index in [1.807, 2.05) is 6.92 Å². The number of nitrogens with zero attached hydrogens (tertiary/aromatic N) is 1. The van der Waals surface area contributed by atoms with Crippen LogP contribution in [0, 0.1) is 11.3 Å². The van der Waals surface area contributed by atoms with Crippen LogP contribution < -0.4 is 5.73 Å². The predicted octanol–water partition coefficient (Wildman–Crippen LogP) is 1.09. The molecule has 3 unspecified atom stereocenters. The number of nitrogens with two attached hydrogens (primary N) is 1. The van der Waals surface area contributed by atoms with Crippen LogP contribution in [0.25, 0.3) is 0 Å². The number of carboxylic acids is 1. The van der Waals surface area contributed by atoms with Gasteiger partial charge in [-0.2, -0.15) is 0 Å². The first-order valence-electron chi connectivity index (χ1n) is 7.51. The van der Waals surface area contributed by atoms with Gasteiger partial charge in [0.05, 0.1) is 19.3 Å². The van der Waals surface area contributed by atoms with Crippen molar-refractivity contribution in [3.05, 3.63) is 0 Å². The molecule has 3 N–H and O–H groups in total. The quantitative estimate of drug-likeness (QED) is 0.766. The number of amides is 1. The molecular formula is C15H28N2O4. The number of hydrogen-bond acceptors (Lipinski definition) is 4. The number of ether oxygens (including phenoxy) is 1. The Bertz CT molecular complexity index is 378. The van der Waals surface area contributed by atoms with E-state index in [1.165, 1.54) is 0 Å². The zero-order valence-electron chi connectivity index (χ0n) is 13.5. The summed E-state index contributed by atoms with van der Waals surface area (Å²) < 4.78 is 5.24. The van der Waals surface area contributed by atoms with E-state index in [-0.39, 0.29) is 43.0 Å². The van der Waals surface area contributed by atoms with Gasteiger partial charge in [0.25, 0.3) is 0 Å². The fourth-order valence-electron chi connectivity index (χ4n) is 2.88. The van der Waals surface area contributed by atoms with E-state index in [0.29, 0.717) is 6.54 Å². The molecule has 0 aliphatic carbocycles. The van der Waals surface area contributed by atoms with Crippen LogP contribution in [-0.4, -0.2) is 53.7 Å². The topological polar surface area (TPSA) is 92.9 Å². The van der Waals surface area contributed by atoms with Gasteiger partial charge in [-0.1, -0.05) is 20.8 Å². The fraction of sp³-hybridized carbons (Fsp3) is 0.867. The molecule has 1 rings (SSSR count). The second-order valence-electron chi connectivity index (χ2n) is 6.96. The highest BCUT2D eigenvalue weighted by molar-refractivity contribution is 5.79. The molecule has 0 aromatic rings. The third-order valence-electron chi connectivity index (χ3n) is 3.74. The molecule has 0 bridgehead atoms. The van der Waals surface area contributed by atoms with Crippen LogP contribution in [0.15, 0.2) is 0 Å². The number of hydrogen-bond donors (Lipinski definition) is 2. The standard InChI is InChI=1S/C15H28N2O4/c1-5-17(12-9-21-8-11(12)14(19)20)13(18)6-10(16)7-15(2,3)4/h10-12H,5-9,16H2,1-4H3,(H,19,20). The van der Waals surface area contributed by atoms with Gasteiger partial charge in [-0.05, 0) is 18.8 Å². The number of rotatable bonds is 6. The Balaban J connectivity index is 2.67. The van der Waals surface area contributed by atoms with E-state index in [2.05, 4.69) is 20.8 Å². The van der Waals surface area contributed by atoms with Crippen molar-refractivity contribution < 1.29 is 19.4 Å². The van der Waals surface area contributed by atoms with E-state index in [4.69, 9.17) is 10.5 Å². The number of carbonyl (C=O) groups is 2. The van der Waals surface area contributed by atoms with Gasteiger partial charge in [-0.15, -0.1) is 0 Å². The van der Waals surface area contributed by atoms with Crippen LogP contribution in [0.5, 0.6) is 0 Å². The molecule has 21 heavy (non-hydrogen) atoms. The number of likely N-dealkylation sites (N-methyl/N-ethyl adjacent to an activating group) is 1. The van der Waals surface area contributed by atoms with Gasteiger partial charge >= 0.3 is 5.97 Å². The van der Waals surface area contributed by atoms with Gasteiger partial charge in [-0.3, -0.25) is 9.59 Å². The van der Waals surface area contributed by atoms with Gasteiger partial charge in [0.1, 0.15) is 5.92 Å². The maximum atomic E-state index is 12.4. The lowest BCUT2D eigenvalue weighted by molar-refractivity contribution is -0.145. The van der Waals surface area contributed by atoms with E-state index < -0.39 is 11.9 Å². The zero-order valence-corrected chi connectivity index (χ0v) is 13.5. The maximum Gasteiger partial charge on any atom is 0.311 e. The van der Waals surface area contributed by atoms with Crippen LogP contribution in [0.1, 0.15) is 40.5 Å². The lowest BCUT2D eigenvalue weighted by Crippen LogP contribution is -2.48. The van der Waals surface area contributed by atoms with Crippen molar-refractivity contribution in [2.45, 2.75) is 52.6 Å². The van der Waals surface area contributed by atoms with Gasteiger partial charge in [0, 0.05) is 19.0 Å². The molecule has 0 spiro atoms. The van der Waals surface area contributed by atoms with E-state index in [0.717, 1.165) is 6.42 Å². The Kier molecular flexibility index (Phi) is 6.16. The molecule has 122 valence electrons. The predicted molar refractivity (Wildman–Crippen MR) is 79.8 cm³/mol. The molecule has 1 aliphatic heterocycles. The Morgan fingerprint density at radius 1 is 1.38 bits per heavy atom. The second kappa shape index (κ2) is 7.22. The monoisotopic (exact) mass is 300 g/mol. The molecule has 6 nitrogen and oxygen atoms in total. The molecule has 1 amide bonds. The van der Waals surface area contributed by atoms with Gasteiger partial charge in [0.2, 0.25) is 5.91 Å². The Morgan fingerprint density at radius 3 is 2.48 bits per heavy atom. The second-order valence-corrected chi connectivity index (χ2v) is 6.96. The normalized spacial score (nSPS) is 23.9. The molecular weight excluding hydrogens is 272 g/mol. The smallest absolute Gasteiger partial charge is 0.311 e. The van der Waals surface area contributed by atoms with Crippen molar-refractivity contribution in [3.8, 4) is 0 Å². The molecule has 0 saturated carbocycles. The van der Waals surface area contributed by atoms with Crippen molar-refractivity contribution in [2.24, 2.45) is 17.1 Å². The first-order valence-corrected chi connectivity index (χ1v) is 7.51. The molecule has 0 aromatic carbocycles. The Hall–Kier alpha value is -1.14. The summed E-state index contributed by atoms with van der Waals surface area (Å²) in [4.78, 5) is 25.3. The van der Waals surface area contributed by atoms with Gasteiger partial charge in [0.15, 0.2) is 0 Å². The van der Waals surface area contributed by atoms with Crippen LogP contribution >= 0.6 is 0 Å². The van der Waals surface area contributed by atoms with Crippen molar-refractivity contribution in [1.82, 2.24) is 4.90 Å². The SMILES string of the molecule is CCN(C(=O)CC(N)CC(C)(C)C)C1COCC1C(=O)O. The maximum absolute atomic E-state index is 12.4. The molecule has 6 heteroatoms. The summed E-state index contributed by atoms with van der Waals surface area (Å²) in [6.07, 6.45) is 0.994. The Morgan fingerprint density at radius 2 is 2.00 bits per heavy atom. The summed E-state index contributed by atoms with van der Waals surface area (Å²) in [6, 6.07) is -0.598. The van der Waals surface area contributed by atoms with Gasteiger partial charge < -0.3 is 20.5 Å². The van der Waals surface area contributed by atoms with E-state index in [9.17, 15) is 14.7 Å². The third kappa shape index (κ3) is 5.28. The summed E-state index contributed by atoms with van der Waals surface area (Å²) in [7, 11) is 0. The molecule has 1 fully saturated rings. The summed E-state index contributed by atoms with van der Waals surface area (Å²) in [5.41, 5.74) is 6.12. The van der Waals surface area contributed by atoms with E-state index >= 15 is 0 Å². The molecule has 1 heterocycles. The number of aliphatic carboxylic acids is 1. The minimum absolute atomic E-state index is 0.0663. The molecule has 1 aliphatic rings. The highest BCUT2D eigenvalue weighted by Gasteiger charge is 2.39. The minimum Gasteiger partial charge on any atom is -0.481 e. The lowest BCUT2D eigenvalue weighted by atomic mass is 9.87. The lowest BCUT2D eigenvalue weighted by Gasteiger charge is -2.31. The Labute approximate surface area is 126 Å². The van der Waals surface area contributed by atoms with Crippen molar-refractivity contribution >= 4 is 11.9 Å². The highest BCUT2D eigenvalue weighted by Crippen LogP contribution is 2.24. The van der Waals surface area contributed by atoms with Crippen molar-refractivity contribution in [1.29, 1.82) is 0 Å². The third-order valence-corrected chi connectivity index (χ3v) is 3.74. The van der Waals surface area contributed by atoms with Crippen LogP contribution in [0.2, 0.25) is 0 Å². The van der Waals surface area contributed by atoms with Crippen LogP contribution in [0.4, 0.5) is 0 Å². The number of carbonyl (C=O) groups excluding carboxylic acids is 1. The van der Waals surface area contributed by atoms with Crippen LogP contribution in [-0.2, 0) is 14.3 Å². The van der Waals surface area contributed by atoms with Crippen LogP contribution in [0.3, 0.4) is 0 Å². The zero-order chi connectivity index (χ0) is 16.2. The average molecular weight is 300 g/mol. The largest absolute Gasteiger partial charge is 0.481 e. The first kappa shape index (κ1) is 17.9. The fourth-order valence-corrected chi connectivity index (χ4v) is 2.88. The minimum atomic E-state index is -0.914. The molecule has 1 saturated heterocycles. The molecule has 0 aromatic heterocycles. The summed E-state index contributed by atoms with van der Waals surface area (Å²) >= 11 is 0. The van der Waals surface area contributed by atoms with E-state index in [1.54, 1.807) is 4.90 Å².